The van der Waals surface area contributed by atoms with Crippen LogP contribution in [-0.2, 0) is 10.3 Å². The molecule has 0 radical (unpaired) electrons. The molecule has 3 rings (SSSR count). The minimum Gasteiger partial charge on any atom is -0.406 e. The molecule has 2 heterocycles. The van der Waals surface area contributed by atoms with Crippen LogP contribution in [0.4, 0.5) is 19.0 Å². The van der Waals surface area contributed by atoms with Gasteiger partial charge in [0.1, 0.15) is 11.6 Å². The number of ether oxygens (including phenoxy) is 2. The number of aldehydes is 1. The fraction of sp³-hybridized carbons (Fsp3) is 0.368. The molecule has 0 amide bonds. The van der Waals surface area contributed by atoms with E-state index in [1.807, 2.05) is 0 Å². The Morgan fingerprint density at radius 2 is 1.78 bits per heavy atom. The van der Waals surface area contributed by atoms with E-state index >= 15 is 0 Å². The average molecular weight is 380 g/mol. The molecule has 27 heavy (non-hydrogen) atoms. The van der Waals surface area contributed by atoms with Crippen LogP contribution in [0.25, 0.3) is 0 Å². The molecule has 0 atom stereocenters. The lowest BCUT2D eigenvalue weighted by Gasteiger charge is -2.41. The van der Waals surface area contributed by atoms with Gasteiger partial charge in [-0.3, -0.25) is 4.79 Å². The first kappa shape index (κ1) is 19.2. The van der Waals surface area contributed by atoms with Crippen molar-refractivity contribution in [3.63, 3.8) is 0 Å². The maximum atomic E-state index is 12.3. The molecule has 8 heteroatoms. The summed E-state index contributed by atoms with van der Waals surface area (Å²) < 4.78 is 46.6. The number of carbonyl (C=O) groups is 1. The number of pyridine rings is 1. The number of benzene rings is 1. The zero-order chi connectivity index (χ0) is 19.5. The maximum Gasteiger partial charge on any atom is 0.573 e. The Morgan fingerprint density at radius 1 is 1.11 bits per heavy atom. The number of rotatable bonds is 5. The van der Waals surface area contributed by atoms with Crippen molar-refractivity contribution in [2.75, 3.05) is 25.1 Å². The van der Waals surface area contributed by atoms with Crippen LogP contribution >= 0.6 is 0 Å². The second kappa shape index (κ2) is 7.56. The van der Waals surface area contributed by atoms with E-state index in [1.165, 1.54) is 18.3 Å². The Kier molecular flexibility index (Phi) is 5.36. The fourth-order valence-electron chi connectivity index (χ4n) is 3.32. The highest BCUT2D eigenvalue weighted by Gasteiger charge is 2.37. The number of nitrogens with zero attached hydrogens (tertiary/aromatic N) is 2. The van der Waals surface area contributed by atoms with Crippen LogP contribution < -0.4 is 9.64 Å². The summed E-state index contributed by atoms with van der Waals surface area (Å²) in [5.41, 5.74) is 0.752. The van der Waals surface area contributed by atoms with E-state index < -0.39 is 12.0 Å². The van der Waals surface area contributed by atoms with E-state index in [-0.39, 0.29) is 5.75 Å². The first-order valence-electron chi connectivity index (χ1n) is 8.43. The molecule has 1 aliphatic heterocycles. The van der Waals surface area contributed by atoms with Gasteiger partial charge in [-0.2, -0.15) is 0 Å². The minimum absolute atomic E-state index is 0.255. The zero-order valence-electron chi connectivity index (χ0n) is 14.7. The standard InChI is InChI=1S/C19H19F3N2O3/c1-26-18(15-3-5-16(6-4-15)27-19(20,21)22)8-10-24(11-9-18)17-7-2-14(13-25)12-23-17/h2-7,12-13H,8-11H2,1H3. The molecule has 0 bridgehead atoms. The first-order chi connectivity index (χ1) is 12.8. The summed E-state index contributed by atoms with van der Waals surface area (Å²) in [4.78, 5) is 17.1. The largest absolute Gasteiger partial charge is 0.573 e. The van der Waals surface area contributed by atoms with Crippen LogP contribution in [0.2, 0.25) is 0 Å². The van der Waals surface area contributed by atoms with Gasteiger partial charge < -0.3 is 14.4 Å². The number of piperidine rings is 1. The molecular weight excluding hydrogens is 361 g/mol. The number of hydrogen-bond acceptors (Lipinski definition) is 5. The van der Waals surface area contributed by atoms with Gasteiger partial charge in [-0.15, -0.1) is 13.2 Å². The van der Waals surface area contributed by atoms with Crippen molar-refractivity contribution < 1.29 is 27.4 Å². The Labute approximate surface area is 154 Å². The van der Waals surface area contributed by atoms with Crippen molar-refractivity contribution in [2.45, 2.75) is 24.8 Å². The van der Waals surface area contributed by atoms with E-state index in [1.54, 1.807) is 31.4 Å². The number of halogens is 3. The van der Waals surface area contributed by atoms with Crippen molar-refractivity contribution in [3.05, 3.63) is 53.7 Å². The molecular formula is C19H19F3N2O3. The number of hydrogen-bond donors (Lipinski definition) is 0. The van der Waals surface area contributed by atoms with Crippen LogP contribution in [0, 0.1) is 0 Å². The fourth-order valence-corrected chi connectivity index (χ4v) is 3.32. The number of aromatic nitrogens is 1. The average Bonchev–Trinajstić information content (AvgIpc) is 2.67. The molecule has 1 saturated heterocycles. The number of carbonyl (C=O) groups excluding carboxylic acids is 1. The third-order valence-electron chi connectivity index (χ3n) is 4.81. The third kappa shape index (κ3) is 4.39. The Hall–Kier alpha value is -2.61. The summed E-state index contributed by atoms with van der Waals surface area (Å²) in [6, 6.07) is 9.33. The molecule has 1 aromatic heterocycles. The highest BCUT2D eigenvalue weighted by atomic mass is 19.4. The van der Waals surface area contributed by atoms with E-state index in [0.29, 0.717) is 31.5 Å². The minimum atomic E-state index is -4.71. The summed E-state index contributed by atoms with van der Waals surface area (Å²) in [7, 11) is 1.60. The number of anilines is 1. The molecule has 144 valence electrons. The van der Waals surface area contributed by atoms with E-state index in [0.717, 1.165) is 17.7 Å². The van der Waals surface area contributed by atoms with Crippen LogP contribution in [-0.4, -0.2) is 37.8 Å². The quantitative estimate of drug-likeness (QED) is 0.736. The predicted octanol–water partition coefficient (Wildman–Crippen LogP) is 3.93. The van der Waals surface area contributed by atoms with E-state index in [9.17, 15) is 18.0 Å². The van der Waals surface area contributed by atoms with Gasteiger partial charge in [0, 0.05) is 32.0 Å². The summed E-state index contributed by atoms with van der Waals surface area (Å²) in [5.74, 6) is 0.522. The van der Waals surface area contributed by atoms with Crippen LogP contribution in [0.1, 0.15) is 28.8 Å². The molecule has 0 saturated carbocycles. The van der Waals surface area contributed by atoms with Crippen molar-refractivity contribution in [2.24, 2.45) is 0 Å². The lowest BCUT2D eigenvalue weighted by molar-refractivity contribution is -0.274. The molecule has 0 N–H and O–H groups in total. The molecule has 5 nitrogen and oxygen atoms in total. The van der Waals surface area contributed by atoms with Gasteiger partial charge in [0.2, 0.25) is 0 Å². The predicted molar refractivity (Wildman–Crippen MR) is 92.9 cm³/mol. The third-order valence-corrected chi connectivity index (χ3v) is 4.81. The Balaban J connectivity index is 1.71. The topological polar surface area (TPSA) is 51.7 Å². The van der Waals surface area contributed by atoms with Gasteiger partial charge in [-0.05, 0) is 42.7 Å². The van der Waals surface area contributed by atoms with Crippen LogP contribution in [0.3, 0.4) is 0 Å². The van der Waals surface area contributed by atoms with E-state index in [4.69, 9.17) is 4.74 Å². The lowest BCUT2D eigenvalue weighted by Crippen LogP contribution is -2.44. The van der Waals surface area contributed by atoms with Crippen LogP contribution in [0.15, 0.2) is 42.6 Å². The highest BCUT2D eigenvalue weighted by Crippen LogP contribution is 2.38. The van der Waals surface area contributed by atoms with Crippen molar-refractivity contribution >= 4 is 12.1 Å². The number of methoxy groups -OCH3 is 1. The number of alkyl halides is 3. The monoisotopic (exact) mass is 380 g/mol. The van der Waals surface area contributed by atoms with Crippen LogP contribution in [0.5, 0.6) is 5.75 Å². The van der Waals surface area contributed by atoms with Gasteiger partial charge in [-0.1, -0.05) is 12.1 Å². The second-order valence-electron chi connectivity index (χ2n) is 6.33. The van der Waals surface area contributed by atoms with Crippen molar-refractivity contribution in [3.8, 4) is 5.75 Å². The SMILES string of the molecule is COC1(c2ccc(OC(F)(F)F)cc2)CCN(c2ccc(C=O)cn2)CC1. The van der Waals surface area contributed by atoms with Crippen molar-refractivity contribution in [1.29, 1.82) is 0 Å². The van der Waals surface area contributed by atoms with Gasteiger partial charge in [-0.25, -0.2) is 4.98 Å². The van der Waals surface area contributed by atoms with Crippen molar-refractivity contribution in [1.82, 2.24) is 4.98 Å². The Morgan fingerprint density at radius 3 is 2.26 bits per heavy atom. The summed E-state index contributed by atoms with van der Waals surface area (Å²) in [6.45, 7) is 1.34. The maximum absolute atomic E-state index is 12.3. The Bertz CT molecular complexity index is 768. The summed E-state index contributed by atoms with van der Waals surface area (Å²) >= 11 is 0. The van der Waals surface area contributed by atoms with Gasteiger partial charge >= 0.3 is 6.36 Å². The smallest absolute Gasteiger partial charge is 0.406 e. The molecule has 1 aliphatic rings. The molecule has 0 spiro atoms. The zero-order valence-corrected chi connectivity index (χ0v) is 14.7. The summed E-state index contributed by atoms with van der Waals surface area (Å²) in [6.07, 6.45) is -1.13. The molecule has 2 aromatic rings. The molecule has 1 fully saturated rings. The van der Waals surface area contributed by atoms with Gasteiger partial charge in [0.15, 0.2) is 6.29 Å². The summed E-state index contributed by atoms with van der Waals surface area (Å²) in [5, 5.41) is 0. The van der Waals surface area contributed by atoms with E-state index in [2.05, 4.69) is 14.6 Å². The first-order valence-corrected chi connectivity index (χ1v) is 8.43. The lowest BCUT2D eigenvalue weighted by atomic mass is 9.84. The van der Waals surface area contributed by atoms with Gasteiger partial charge in [0.25, 0.3) is 0 Å². The molecule has 1 aromatic carbocycles. The van der Waals surface area contributed by atoms with Gasteiger partial charge in [0.05, 0.1) is 5.60 Å². The normalized spacial score (nSPS) is 16.8. The highest BCUT2D eigenvalue weighted by molar-refractivity contribution is 5.74. The second-order valence-corrected chi connectivity index (χ2v) is 6.33. The molecule has 0 aliphatic carbocycles. The molecule has 0 unspecified atom stereocenters.